The third-order valence-corrected chi connectivity index (χ3v) is 8.59. The van der Waals surface area contributed by atoms with Gasteiger partial charge in [0.25, 0.3) is 10.0 Å². The quantitative estimate of drug-likeness (QED) is 0.322. The number of carbonyl (C=O) groups excluding carboxylic acids is 2. The molecular weight excluding hydrogens is 566 g/mol. The van der Waals surface area contributed by atoms with Crippen molar-refractivity contribution >= 4 is 27.5 Å². The van der Waals surface area contributed by atoms with Crippen LogP contribution in [0.15, 0.2) is 65.6 Å². The minimum Gasteiger partial charge on any atom is -0.493 e. The van der Waals surface area contributed by atoms with E-state index in [1.165, 1.54) is 37.3 Å². The lowest BCUT2D eigenvalue weighted by molar-refractivity contribution is -0.140. The van der Waals surface area contributed by atoms with Gasteiger partial charge in [-0.2, -0.15) is 0 Å². The van der Waals surface area contributed by atoms with E-state index >= 15 is 0 Å². The number of methoxy groups -OCH3 is 2. The summed E-state index contributed by atoms with van der Waals surface area (Å²) < 4.78 is 40.3. The average Bonchev–Trinajstić information content (AvgIpc) is 2.92. The number of anilines is 1. The Hall–Kier alpha value is -4.05. The Morgan fingerprint density at radius 1 is 0.860 bits per heavy atom. The van der Waals surface area contributed by atoms with E-state index in [1.54, 1.807) is 19.1 Å². The van der Waals surface area contributed by atoms with Gasteiger partial charge in [-0.25, -0.2) is 8.42 Å². The van der Waals surface area contributed by atoms with E-state index in [-0.39, 0.29) is 23.1 Å². The number of nitrogens with zero attached hydrogens (tertiary/aromatic N) is 2. The average molecular weight is 610 g/mol. The zero-order valence-corrected chi connectivity index (χ0v) is 27.3. The zero-order valence-electron chi connectivity index (χ0n) is 26.5. The summed E-state index contributed by atoms with van der Waals surface area (Å²) in [6, 6.07) is 16.4. The molecule has 0 spiro atoms. The molecule has 3 aromatic carbocycles. The highest BCUT2D eigenvalue weighted by molar-refractivity contribution is 7.92. The first kappa shape index (κ1) is 33.5. The Bertz CT molecular complexity index is 1560. The summed E-state index contributed by atoms with van der Waals surface area (Å²) in [6.45, 7) is 12.5. The van der Waals surface area contributed by atoms with Gasteiger partial charge in [0.2, 0.25) is 11.8 Å². The number of benzene rings is 3. The minimum absolute atomic E-state index is 0.0686. The maximum atomic E-state index is 14.3. The Labute approximate surface area is 255 Å². The second-order valence-corrected chi connectivity index (χ2v) is 13.7. The number of hydrogen-bond acceptors (Lipinski definition) is 6. The number of ether oxygens (including phenoxy) is 2. The predicted molar refractivity (Wildman–Crippen MR) is 169 cm³/mol. The summed E-state index contributed by atoms with van der Waals surface area (Å²) in [4.78, 5) is 28.8. The first-order valence-corrected chi connectivity index (χ1v) is 15.5. The lowest BCUT2D eigenvalue weighted by Gasteiger charge is -2.33. The monoisotopic (exact) mass is 609 g/mol. The summed E-state index contributed by atoms with van der Waals surface area (Å²) in [5.41, 5.74) is 3.32. The number of nitrogens with one attached hydrogen (secondary N) is 1. The molecule has 0 aliphatic rings. The molecule has 0 radical (unpaired) electrons. The summed E-state index contributed by atoms with van der Waals surface area (Å²) in [6.07, 6.45) is 0. The van der Waals surface area contributed by atoms with Crippen molar-refractivity contribution in [1.29, 1.82) is 0 Å². The highest BCUT2D eigenvalue weighted by Crippen LogP contribution is 2.33. The van der Waals surface area contributed by atoms with Gasteiger partial charge in [0, 0.05) is 18.2 Å². The van der Waals surface area contributed by atoms with Crippen molar-refractivity contribution in [1.82, 2.24) is 10.2 Å². The van der Waals surface area contributed by atoms with Gasteiger partial charge in [-0.3, -0.25) is 13.9 Å². The Balaban J connectivity index is 2.12. The number of hydrogen-bond donors (Lipinski definition) is 1. The Kier molecular flexibility index (Phi) is 10.5. The highest BCUT2D eigenvalue weighted by Gasteiger charge is 2.34. The molecule has 232 valence electrons. The smallest absolute Gasteiger partial charge is 0.264 e. The molecule has 1 N–H and O–H groups in total. The second kappa shape index (κ2) is 13.5. The van der Waals surface area contributed by atoms with Crippen LogP contribution >= 0.6 is 0 Å². The maximum Gasteiger partial charge on any atom is 0.264 e. The molecule has 0 aliphatic carbocycles. The number of aryl methyl sites for hydroxylation is 3. The lowest BCUT2D eigenvalue weighted by atomic mass is 10.1. The van der Waals surface area contributed by atoms with E-state index < -0.39 is 34.1 Å². The van der Waals surface area contributed by atoms with Gasteiger partial charge in [-0.15, -0.1) is 0 Å². The van der Waals surface area contributed by atoms with E-state index in [0.29, 0.717) is 11.4 Å². The van der Waals surface area contributed by atoms with Gasteiger partial charge in [0.05, 0.1) is 24.8 Å². The van der Waals surface area contributed by atoms with E-state index in [4.69, 9.17) is 9.47 Å². The topological polar surface area (TPSA) is 105 Å². The fraction of sp³-hybridized carbons (Fsp3) is 0.394. The van der Waals surface area contributed by atoms with Crippen LogP contribution in [0.25, 0.3) is 0 Å². The summed E-state index contributed by atoms with van der Waals surface area (Å²) in [5, 5.41) is 2.94. The Morgan fingerprint density at radius 2 is 1.49 bits per heavy atom. The molecule has 0 saturated heterocycles. The van der Waals surface area contributed by atoms with Crippen molar-refractivity contribution in [2.45, 2.75) is 71.5 Å². The van der Waals surface area contributed by atoms with Gasteiger partial charge in [-0.05, 0) is 89.4 Å². The minimum atomic E-state index is -4.28. The normalized spacial score (nSPS) is 12.3. The van der Waals surface area contributed by atoms with Gasteiger partial charge < -0.3 is 19.7 Å². The van der Waals surface area contributed by atoms with Crippen LogP contribution in [-0.4, -0.2) is 57.5 Å². The number of sulfonamides is 1. The molecule has 3 rings (SSSR count). The second-order valence-electron chi connectivity index (χ2n) is 11.8. The fourth-order valence-corrected chi connectivity index (χ4v) is 6.21. The maximum absolute atomic E-state index is 14.3. The largest absolute Gasteiger partial charge is 0.493 e. The summed E-state index contributed by atoms with van der Waals surface area (Å²) >= 11 is 0. The molecule has 1 atom stereocenters. The molecule has 43 heavy (non-hydrogen) atoms. The van der Waals surface area contributed by atoms with Crippen molar-refractivity contribution in [3.63, 3.8) is 0 Å². The molecule has 0 saturated carbocycles. The molecule has 9 nitrogen and oxygen atoms in total. The van der Waals surface area contributed by atoms with Crippen molar-refractivity contribution in [3.05, 3.63) is 82.9 Å². The van der Waals surface area contributed by atoms with Gasteiger partial charge >= 0.3 is 0 Å². The molecule has 0 aromatic heterocycles. The van der Waals surface area contributed by atoms with Crippen LogP contribution in [0.5, 0.6) is 11.5 Å². The van der Waals surface area contributed by atoms with Crippen LogP contribution in [0.2, 0.25) is 0 Å². The number of carbonyl (C=O) groups is 2. The van der Waals surface area contributed by atoms with Crippen LogP contribution in [0.1, 0.15) is 49.9 Å². The lowest BCUT2D eigenvalue weighted by Crippen LogP contribution is -2.54. The molecule has 0 aliphatic heterocycles. The number of amides is 2. The highest BCUT2D eigenvalue weighted by atomic mass is 32.2. The molecule has 3 aromatic rings. The van der Waals surface area contributed by atoms with E-state index in [2.05, 4.69) is 5.32 Å². The first-order chi connectivity index (χ1) is 20.0. The third-order valence-electron chi connectivity index (χ3n) is 6.82. The van der Waals surface area contributed by atoms with Crippen LogP contribution in [-0.2, 0) is 26.2 Å². The van der Waals surface area contributed by atoms with E-state index in [1.807, 2.05) is 71.9 Å². The SMILES string of the molecule is COc1ccc(S(=O)(=O)N(CC(=O)N(Cc2cccc(C)c2)[C@H](C)C(=O)NC(C)(C)C)c2cc(C)cc(C)c2)cc1OC. The summed E-state index contributed by atoms with van der Waals surface area (Å²) in [7, 11) is -1.39. The van der Waals surface area contributed by atoms with E-state index in [9.17, 15) is 18.0 Å². The van der Waals surface area contributed by atoms with Crippen LogP contribution in [0, 0.1) is 20.8 Å². The predicted octanol–water partition coefficient (Wildman–Crippen LogP) is 5.16. The van der Waals surface area contributed by atoms with Crippen LogP contribution in [0.3, 0.4) is 0 Å². The molecule has 0 heterocycles. The van der Waals surface area contributed by atoms with Gasteiger partial charge in [0.15, 0.2) is 11.5 Å². The van der Waals surface area contributed by atoms with Crippen LogP contribution < -0.4 is 19.1 Å². The number of rotatable bonds is 11. The van der Waals surface area contributed by atoms with Gasteiger partial charge in [-0.1, -0.05) is 35.9 Å². The molecule has 0 bridgehead atoms. The molecular formula is C33H43N3O6S. The van der Waals surface area contributed by atoms with Crippen molar-refractivity contribution in [2.75, 3.05) is 25.1 Å². The van der Waals surface area contributed by atoms with Crippen molar-refractivity contribution < 1.29 is 27.5 Å². The summed E-state index contributed by atoms with van der Waals surface area (Å²) in [5.74, 6) is -0.252. The van der Waals surface area contributed by atoms with Crippen molar-refractivity contribution in [2.24, 2.45) is 0 Å². The van der Waals surface area contributed by atoms with E-state index in [0.717, 1.165) is 26.6 Å². The molecule has 0 unspecified atom stereocenters. The van der Waals surface area contributed by atoms with Crippen LogP contribution in [0.4, 0.5) is 5.69 Å². The third kappa shape index (κ3) is 8.50. The zero-order chi connectivity index (χ0) is 32.1. The molecule has 2 amide bonds. The Morgan fingerprint density at radius 3 is 2.05 bits per heavy atom. The first-order valence-electron chi connectivity index (χ1n) is 14.1. The van der Waals surface area contributed by atoms with Gasteiger partial charge in [0.1, 0.15) is 12.6 Å². The van der Waals surface area contributed by atoms with Crippen molar-refractivity contribution in [3.8, 4) is 11.5 Å². The fourth-order valence-electron chi connectivity index (χ4n) is 4.79. The molecule has 0 fully saturated rings. The standard InChI is InChI=1S/C33H43N3O6S/c1-22-11-10-12-26(16-22)20-35(25(4)32(38)34-33(5,6)7)31(37)21-36(27-17-23(2)15-24(3)18-27)43(39,40)28-13-14-29(41-8)30(19-28)42-9/h10-19,25H,20-21H2,1-9H3,(H,34,38)/t25-/m1/s1. The molecule has 10 heteroatoms.